The van der Waals surface area contributed by atoms with E-state index in [-0.39, 0.29) is 24.0 Å². The molecule has 0 saturated carbocycles. The lowest BCUT2D eigenvalue weighted by molar-refractivity contribution is -0.118. The number of ether oxygens (including phenoxy) is 1. The van der Waals surface area contributed by atoms with Crippen LogP contribution in [0.5, 0.6) is 5.75 Å². The Morgan fingerprint density at radius 3 is 2.60 bits per heavy atom. The number of furan rings is 1. The zero-order valence-corrected chi connectivity index (χ0v) is 17.6. The van der Waals surface area contributed by atoms with Gasteiger partial charge in [0.1, 0.15) is 11.5 Å². The van der Waals surface area contributed by atoms with Crippen molar-refractivity contribution < 1.29 is 22.4 Å². The molecule has 8 heteroatoms. The van der Waals surface area contributed by atoms with Crippen molar-refractivity contribution in [3.8, 4) is 5.75 Å². The molecule has 2 N–H and O–H groups in total. The highest BCUT2D eigenvalue weighted by molar-refractivity contribution is 7.89. The maximum Gasteiger partial charge on any atom is 0.262 e. The van der Waals surface area contributed by atoms with Crippen molar-refractivity contribution in [2.75, 3.05) is 11.9 Å². The summed E-state index contributed by atoms with van der Waals surface area (Å²) in [6.45, 7) is 4.01. The summed E-state index contributed by atoms with van der Waals surface area (Å²) in [6.07, 6.45) is 1.47. The zero-order valence-electron chi connectivity index (χ0n) is 16.8. The lowest BCUT2D eigenvalue weighted by atomic mass is 10.0. The fourth-order valence-corrected chi connectivity index (χ4v) is 3.75. The normalized spacial score (nSPS) is 11.4. The Labute approximate surface area is 176 Å². The Balaban J connectivity index is 1.59. The van der Waals surface area contributed by atoms with Crippen molar-refractivity contribution >= 4 is 21.6 Å². The van der Waals surface area contributed by atoms with Crippen molar-refractivity contribution in [1.29, 1.82) is 0 Å². The summed E-state index contributed by atoms with van der Waals surface area (Å²) in [5.74, 6) is 1.08. The first-order valence-electron chi connectivity index (χ1n) is 9.48. The van der Waals surface area contributed by atoms with Crippen LogP contribution in [0.15, 0.2) is 76.2 Å². The molecular weight excluding hydrogens is 404 g/mol. The van der Waals surface area contributed by atoms with Crippen molar-refractivity contribution in [2.45, 2.75) is 31.2 Å². The second-order valence-electron chi connectivity index (χ2n) is 7.00. The summed E-state index contributed by atoms with van der Waals surface area (Å²) in [5, 5.41) is 2.66. The third kappa shape index (κ3) is 5.95. The smallest absolute Gasteiger partial charge is 0.262 e. The van der Waals surface area contributed by atoms with E-state index in [9.17, 15) is 13.2 Å². The number of sulfonamides is 1. The van der Waals surface area contributed by atoms with Gasteiger partial charge in [0.25, 0.3) is 5.91 Å². The van der Waals surface area contributed by atoms with Gasteiger partial charge in [0.15, 0.2) is 6.61 Å². The van der Waals surface area contributed by atoms with E-state index in [1.54, 1.807) is 30.3 Å². The lowest BCUT2D eigenvalue weighted by Gasteiger charge is -2.11. The van der Waals surface area contributed by atoms with Crippen molar-refractivity contribution in [3.05, 3.63) is 78.3 Å². The average molecular weight is 429 g/mol. The van der Waals surface area contributed by atoms with Gasteiger partial charge in [-0.3, -0.25) is 4.79 Å². The van der Waals surface area contributed by atoms with Crippen LogP contribution in [0.2, 0.25) is 0 Å². The van der Waals surface area contributed by atoms with Crippen LogP contribution in [0.1, 0.15) is 31.1 Å². The number of anilines is 1. The van der Waals surface area contributed by atoms with Crippen molar-refractivity contribution in [3.63, 3.8) is 0 Å². The molecule has 1 amide bonds. The molecular formula is C22H24N2O5S. The van der Waals surface area contributed by atoms with Gasteiger partial charge in [-0.05, 0) is 53.9 Å². The number of benzene rings is 2. The molecule has 0 aliphatic rings. The maximum absolute atomic E-state index is 12.5. The third-order valence-corrected chi connectivity index (χ3v) is 5.74. The van der Waals surface area contributed by atoms with Crippen molar-refractivity contribution in [1.82, 2.24) is 4.72 Å². The molecule has 0 fully saturated rings. The second-order valence-corrected chi connectivity index (χ2v) is 8.76. The van der Waals surface area contributed by atoms with E-state index >= 15 is 0 Å². The molecule has 3 rings (SSSR count). The summed E-state index contributed by atoms with van der Waals surface area (Å²) >= 11 is 0. The highest BCUT2D eigenvalue weighted by Gasteiger charge is 2.15. The van der Waals surface area contributed by atoms with Crippen LogP contribution in [0.25, 0.3) is 0 Å². The molecule has 30 heavy (non-hydrogen) atoms. The number of amides is 1. The third-order valence-electron chi connectivity index (χ3n) is 4.34. The topological polar surface area (TPSA) is 97.6 Å². The van der Waals surface area contributed by atoms with Crippen LogP contribution >= 0.6 is 0 Å². The molecule has 0 saturated heterocycles. The Hall–Kier alpha value is -3.10. The van der Waals surface area contributed by atoms with Gasteiger partial charge in [0, 0.05) is 5.69 Å². The largest absolute Gasteiger partial charge is 0.484 e. The minimum atomic E-state index is -3.76. The molecule has 1 heterocycles. The Morgan fingerprint density at radius 2 is 1.87 bits per heavy atom. The van der Waals surface area contributed by atoms with Crippen molar-refractivity contribution in [2.24, 2.45) is 0 Å². The Kier molecular flexibility index (Phi) is 6.91. The summed E-state index contributed by atoms with van der Waals surface area (Å²) in [4.78, 5) is 12.3. The standard InChI is InChI=1S/C22H24N2O5S/c1-16(2)17-6-3-8-19(12-17)29-15-22(25)24-18-7-4-10-21(13-18)30(26,27)23-14-20-9-5-11-28-20/h3-13,16,23H,14-15H2,1-2H3,(H,24,25). The van der Waals surface area contributed by atoms with Gasteiger partial charge in [-0.1, -0.05) is 32.0 Å². The monoisotopic (exact) mass is 428 g/mol. The molecule has 0 atom stereocenters. The lowest BCUT2D eigenvalue weighted by Crippen LogP contribution is -2.24. The predicted molar refractivity (Wildman–Crippen MR) is 114 cm³/mol. The van der Waals surface area contributed by atoms with Gasteiger partial charge in [0.2, 0.25) is 10.0 Å². The summed E-state index contributed by atoms with van der Waals surface area (Å²) in [5.41, 5.74) is 1.48. The van der Waals surface area contributed by atoms with E-state index in [0.29, 0.717) is 23.1 Å². The van der Waals surface area contributed by atoms with E-state index in [1.165, 1.54) is 18.4 Å². The summed E-state index contributed by atoms with van der Waals surface area (Å²) in [6, 6.07) is 16.9. The first-order chi connectivity index (χ1) is 14.3. The van der Waals surface area contributed by atoms with E-state index < -0.39 is 10.0 Å². The fourth-order valence-electron chi connectivity index (χ4n) is 2.71. The van der Waals surface area contributed by atoms with E-state index in [2.05, 4.69) is 23.9 Å². The van der Waals surface area contributed by atoms with Gasteiger partial charge in [-0.25, -0.2) is 13.1 Å². The number of rotatable bonds is 9. The predicted octanol–water partition coefficient (Wildman–Crippen LogP) is 3.90. The number of carbonyl (C=O) groups is 1. The van der Waals surface area contributed by atoms with Crippen LogP contribution in [0, 0.1) is 0 Å². The molecule has 0 bridgehead atoms. The van der Waals surface area contributed by atoms with E-state index in [0.717, 1.165) is 5.56 Å². The zero-order chi connectivity index (χ0) is 21.6. The molecule has 0 unspecified atom stereocenters. The second kappa shape index (κ2) is 9.60. The number of hydrogen-bond donors (Lipinski definition) is 2. The van der Waals surface area contributed by atoms with E-state index in [1.807, 2.05) is 18.2 Å². The first kappa shape index (κ1) is 21.6. The molecule has 7 nitrogen and oxygen atoms in total. The molecule has 158 valence electrons. The highest BCUT2D eigenvalue weighted by atomic mass is 32.2. The minimum Gasteiger partial charge on any atom is -0.484 e. The Morgan fingerprint density at radius 1 is 1.07 bits per heavy atom. The number of hydrogen-bond acceptors (Lipinski definition) is 5. The van der Waals surface area contributed by atoms with Crippen LogP contribution in [0.3, 0.4) is 0 Å². The maximum atomic E-state index is 12.5. The van der Waals surface area contributed by atoms with Gasteiger partial charge < -0.3 is 14.5 Å². The van der Waals surface area contributed by atoms with Gasteiger partial charge in [0.05, 0.1) is 17.7 Å². The quantitative estimate of drug-likeness (QED) is 0.539. The fraction of sp³-hybridized carbons (Fsp3) is 0.227. The number of nitrogens with one attached hydrogen (secondary N) is 2. The summed E-state index contributed by atoms with van der Waals surface area (Å²) in [7, 11) is -3.76. The highest BCUT2D eigenvalue weighted by Crippen LogP contribution is 2.20. The van der Waals surface area contributed by atoms with Crippen LogP contribution in [-0.2, 0) is 21.4 Å². The molecule has 0 radical (unpaired) electrons. The van der Waals surface area contributed by atoms with Gasteiger partial charge in [-0.2, -0.15) is 0 Å². The molecule has 0 aliphatic carbocycles. The molecule has 0 aliphatic heterocycles. The Bertz CT molecular complexity index is 1090. The SMILES string of the molecule is CC(C)c1cccc(OCC(=O)Nc2cccc(S(=O)(=O)NCc3ccco3)c2)c1. The molecule has 1 aromatic heterocycles. The van der Waals surface area contributed by atoms with Crippen LogP contribution in [-0.4, -0.2) is 20.9 Å². The number of carbonyl (C=O) groups excluding carboxylic acids is 1. The summed E-state index contributed by atoms with van der Waals surface area (Å²) < 4.78 is 38.1. The van der Waals surface area contributed by atoms with Crippen LogP contribution < -0.4 is 14.8 Å². The molecule has 0 spiro atoms. The first-order valence-corrected chi connectivity index (χ1v) is 11.0. The van der Waals surface area contributed by atoms with Gasteiger partial charge in [-0.15, -0.1) is 0 Å². The average Bonchev–Trinajstić information content (AvgIpc) is 3.25. The van der Waals surface area contributed by atoms with Gasteiger partial charge >= 0.3 is 0 Å². The molecule has 3 aromatic rings. The van der Waals surface area contributed by atoms with E-state index in [4.69, 9.17) is 9.15 Å². The molecule has 2 aromatic carbocycles. The minimum absolute atomic E-state index is 0.0369. The van der Waals surface area contributed by atoms with Crippen LogP contribution in [0.4, 0.5) is 5.69 Å².